The van der Waals surface area contributed by atoms with Gasteiger partial charge in [-0.3, -0.25) is 0 Å². The van der Waals surface area contributed by atoms with Gasteiger partial charge < -0.3 is 15.2 Å². The molecule has 0 saturated carbocycles. The van der Waals surface area contributed by atoms with Crippen LogP contribution in [-0.4, -0.2) is 30.8 Å². The first kappa shape index (κ1) is 15.2. The normalized spacial score (nSPS) is 12.2. The molecule has 1 rings (SSSR count). The molecule has 1 atom stereocenters. The average Bonchev–Trinajstić information content (AvgIpc) is 2.42. The maximum atomic E-state index is 13.2. The van der Waals surface area contributed by atoms with Gasteiger partial charge in [0.25, 0.3) is 0 Å². The Hall–Kier alpha value is -1.90. The molecule has 19 heavy (non-hydrogen) atoms. The lowest BCUT2D eigenvalue weighted by molar-refractivity contribution is -0.142. The van der Waals surface area contributed by atoms with E-state index in [-0.39, 0.29) is 0 Å². The van der Waals surface area contributed by atoms with Crippen molar-refractivity contribution in [3.8, 4) is 0 Å². The van der Waals surface area contributed by atoms with E-state index in [1.165, 1.54) is 0 Å². The predicted molar refractivity (Wildman–Crippen MR) is 52.7 cm³/mol. The minimum absolute atomic E-state index is 0.922. The second-order valence-electron chi connectivity index (χ2n) is 3.35. The zero-order valence-corrected chi connectivity index (χ0v) is 9.44. The number of aliphatic hydroxyl groups is 1. The number of aliphatic hydroxyl groups excluding tert-OH is 1. The molecule has 2 N–H and O–H groups in total. The van der Waals surface area contributed by atoms with Crippen LogP contribution in [0.25, 0.3) is 0 Å². The molecule has 0 aliphatic carbocycles. The van der Waals surface area contributed by atoms with E-state index in [1.54, 1.807) is 5.32 Å². The molecule has 1 aromatic carbocycles. The average molecular weight is 285 g/mol. The fraction of sp³-hybridized carbons (Fsp3) is 0.300. The molecule has 0 spiro atoms. The Kier molecular flexibility index (Phi) is 4.65. The summed E-state index contributed by atoms with van der Waals surface area (Å²) in [6.45, 7) is -0.966. The van der Waals surface area contributed by atoms with Crippen LogP contribution >= 0.6 is 0 Å². The third-order valence-electron chi connectivity index (χ3n) is 2.20. The van der Waals surface area contributed by atoms with Gasteiger partial charge in [0, 0.05) is 0 Å². The number of hydrogen-bond acceptors (Lipinski definition) is 4. The Balaban J connectivity index is 3.25. The molecule has 0 bridgehead atoms. The summed E-state index contributed by atoms with van der Waals surface area (Å²) < 4.78 is 69.1. The summed E-state index contributed by atoms with van der Waals surface area (Å²) in [4.78, 5) is 11.1. The Labute approximate surface area is 103 Å². The van der Waals surface area contributed by atoms with Crippen LogP contribution in [0, 0.1) is 29.1 Å². The number of benzene rings is 1. The summed E-state index contributed by atoms with van der Waals surface area (Å²) in [6, 6.07) is -1.67. The molecular weight excluding hydrogens is 277 g/mol. The molecule has 0 radical (unpaired) electrons. The van der Waals surface area contributed by atoms with E-state index in [0.717, 1.165) is 7.11 Å². The van der Waals surface area contributed by atoms with E-state index in [9.17, 15) is 26.7 Å². The summed E-state index contributed by atoms with van der Waals surface area (Å²) in [6.07, 6.45) is 0. The molecule has 0 saturated heterocycles. The highest BCUT2D eigenvalue weighted by Crippen LogP contribution is 2.27. The predicted octanol–water partition coefficient (Wildman–Crippen LogP) is 1.33. The van der Waals surface area contributed by atoms with E-state index >= 15 is 0 Å². The summed E-state index contributed by atoms with van der Waals surface area (Å²) in [7, 11) is 0.922. The quantitative estimate of drug-likeness (QED) is 0.379. The van der Waals surface area contributed by atoms with Crippen molar-refractivity contribution in [1.82, 2.24) is 0 Å². The van der Waals surface area contributed by atoms with Gasteiger partial charge in [0.1, 0.15) is 11.7 Å². The molecule has 0 aromatic heterocycles. The molecule has 106 valence electrons. The van der Waals surface area contributed by atoms with Crippen LogP contribution in [0.2, 0.25) is 0 Å². The molecule has 4 nitrogen and oxygen atoms in total. The largest absolute Gasteiger partial charge is 0.467 e. The summed E-state index contributed by atoms with van der Waals surface area (Å²) >= 11 is 0. The number of carbonyl (C=O) groups is 1. The second-order valence-corrected chi connectivity index (χ2v) is 3.35. The summed E-state index contributed by atoms with van der Waals surface area (Å²) in [5.41, 5.74) is -1.42. The van der Waals surface area contributed by atoms with Gasteiger partial charge in [-0.1, -0.05) is 0 Å². The number of ether oxygens (including phenoxy) is 1. The number of carbonyl (C=O) groups excluding carboxylic acids is 1. The van der Waals surface area contributed by atoms with E-state index in [2.05, 4.69) is 4.74 Å². The van der Waals surface area contributed by atoms with Crippen LogP contribution < -0.4 is 5.32 Å². The SMILES string of the molecule is COC(=O)C(CO)Nc1c(F)c(F)c(F)c(F)c1F. The number of nitrogens with one attached hydrogen (secondary N) is 1. The molecule has 0 fully saturated rings. The highest BCUT2D eigenvalue weighted by molar-refractivity contribution is 5.79. The minimum Gasteiger partial charge on any atom is -0.467 e. The third-order valence-corrected chi connectivity index (χ3v) is 2.20. The van der Waals surface area contributed by atoms with Crippen LogP contribution in [0.4, 0.5) is 27.6 Å². The molecule has 0 heterocycles. The Morgan fingerprint density at radius 2 is 1.53 bits per heavy atom. The number of methoxy groups -OCH3 is 1. The Bertz CT molecular complexity index is 479. The fourth-order valence-electron chi connectivity index (χ4n) is 1.23. The van der Waals surface area contributed by atoms with Crippen molar-refractivity contribution in [2.75, 3.05) is 19.0 Å². The standard InChI is InChI=1S/C10H8F5NO3/c1-19-10(18)3(2-17)16-9-7(14)5(12)4(11)6(13)8(9)15/h3,16-17H,2H2,1H3. The van der Waals surface area contributed by atoms with Gasteiger partial charge in [-0.25, -0.2) is 26.7 Å². The van der Waals surface area contributed by atoms with Crippen molar-refractivity contribution < 1.29 is 36.6 Å². The van der Waals surface area contributed by atoms with Crippen LogP contribution in [-0.2, 0) is 9.53 Å². The molecule has 1 aromatic rings. The van der Waals surface area contributed by atoms with Crippen LogP contribution in [0.3, 0.4) is 0 Å². The zero-order chi connectivity index (χ0) is 14.7. The number of esters is 1. The van der Waals surface area contributed by atoms with Crippen LogP contribution in [0.5, 0.6) is 0 Å². The van der Waals surface area contributed by atoms with Crippen molar-refractivity contribution in [2.45, 2.75) is 6.04 Å². The molecule has 1 unspecified atom stereocenters. The monoisotopic (exact) mass is 285 g/mol. The lowest BCUT2D eigenvalue weighted by Crippen LogP contribution is -2.35. The first-order chi connectivity index (χ1) is 8.84. The Morgan fingerprint density at radius 1 is 1.11 bits per heavy atom. The van der Waals surface area contributed by atoms with E-state index < -0.39 is 53.4 Å². The van der Waals surface area contributed by atoms with Crippen molar-refractivity contribution in [2.24, 2.45) is 0 Å². The second kappa shape index (κ2) is 5.83. The van der Waals surface area contributed by atoms with Gasteiger partial charge in [-0.2, -0.15) is 0 Å². The number of halogens is 5. The first-order valence-electron chi connectivity index (χ1n) is 4.81. The highest BCUT2D eigenvalue weighted by atomic mass is 19.2. The lowest BCUT2D eigenvalue weighted by atomic mass is 10.2. The van der Waals surface area contributed by atoms with Gasteiger partial charge in [0.15, 0.2) is 23.3 Å². The van der Waals surface area contributed by atoms with Crippen molar-refractivity contribution in [3.05, 3.63) is 29.1 Å². The van der Waals surface area contributed by atoms with Crippen molar-refractivity contribution >= 4 is 11.7 Å². The lowest BCUT2D eigenvalue weighted by Gasteiger charge is -2.16. The third kappa shape index (κ3) is 2.75. The molecule has 0 aliphatic heterocycles. The minimum atomic E-state index is -2.32. The summed E-state index contributed by atoms with van der Waals surface area (Å²) in [5.74, 6) is -12.1. The number of rotatable bonds is 4. The molecular formula is C10H8F5NO3. The van der Waals surface area contributed by atoms with E-state index in [0.29, 0.717) is 0 Å². The van der Waals surface area contributed by atoms with E-state index in [1.807, 2.05) is 0 Å². The molecule has 9 heteroatoms. The van der Waals surface area contributed by atoms with E-state index in [4.69, 9.17) is 5.11 Å². The highest BCUT2D eigenvalue weighted by Gasteiger charge is 2.29. The van der Waals surface area contributed by atoms with Gasteiger partial charge in [0.2, 0.25) is 5.82 Å². The van der Waals surface area contributed by atoms with Crippen molar-refractivity contribution in [1.29, 1.82) is 0 Å². The number of anilines is 1. The van der Waals surface area contributed by atoms with Gasteiger partial charge in [-0.15, -0.1) is 0 Å². The summed E-state index contributed by atoms with van der Waals surface area (Å²) in [5, 5.41) is 10.5. The molecule has 0 aliphatic rings. The van der Waals surface area contributed by atoms with Crippen LogP contribution in [0.1, 0.15) is 0 Å². The smallest absolute Gasteiger partial charge is 0.330 e. The van der Waals surface area contributed by atoms with Gasteiger partial charge in [0.05, 0.1) is 13.7 Å². The topological polar surface area (TPSA) is 58.6 Å². The van der Waals surface area contributed by atoms with Gasteiger partial charge in [-0.05, 0) is 0 Å². The van der Waals surface area contributed by atoms with Crippen LogP contribution in [0.15, 0.2) is 0 Å². The maximum Gasteiger partial charge on any atom is 0.330 e. The molecule has 0 amide bonds. The Morgan fingerprint density at radius 3 is 1.89 bits per heavy atom. The van der Waals surface area contributed by atoms with Crippen molar-refractivity contribution in [3.63, 3.8) is 0 Å². The fourth-order valence-corrected chi connectivity index (χ4v) is 1.23. The van der Waals surface area contributed by atoms with Gasteiger partial charge >= 0.3 is 5.97 Å². The zero-order valence-electron chi connectivity index (χ0n) is 9.44. The first-order valence-corrected chi connectivity index (χ1v) is 4.81. The maximum absolute atomic E-state index is 13.2. The number of hydrogen-bond donors (Lipinski definition) is 2.